The van der Waals surface area contributed by atoms with Crippen molar-refractivity contribution in [2.24, 2.45) is 0 Å². The number of carbonyl (C=O) groups is 2. The molecule has 1 fully saturated rings. The number of nitrogens with one attached hydrogen (secondary N) is 1. The van der Waals surface area contributed by atoms with Gasteiger partial charge in [-0.3, -0.25) is 4.79 Å². The summed E-state index contributed by atoms with van der Waals surface area (Å²) in [5, 5.41) is 23.1. The molecule has 2 amide bonds. The Kier molecular flexibility index (Phi) is 8.13. The molecule has 2 aliphatic heterocycles. The molecule has 2 aromatic rings. The van der Waals surface area contributed by atoms with Gasteiger partial charge >= 0.3 is 13.2 Å². The first-order valence-electron chi connectivity index (χ1n) is 13.0. The topological polar surface area (TPSA) is 124 Å². The van der Waals surface area contributed by atoms with Crippen LogP contribution in [0.15, 0.2) is 24.3 Å². The molecule has 3 heterocycles. The van der Waals surface area contributed by atoms with Crippen molar-refractivity contribution in [1.82, 2.24) is 14.8 Å². The number of benzene rings is 1. The van der Waals surface area contributed by atoms with Gasteiger partial charge in [0.05, 0.1) is 23.5 Å². The summed E-state index contributed by atoms with van der Waals surface area (Å²) in [6.07, 6.45) is 1.09. The number of ether oxygens (including phenoxy) is 2. The fourth-order valence-electron chi connectivity index (χ4n) is 4.88. The molecule has 2 aliphatic rings. The lowest BCUT2D eigenvalue weighted by Gasteiger charge is -2.28. The number of fused-ring (bicyclic) bond motifs is 1. The first kappa shape index (κ1) is 28.0. The molecule has 1 atom stereocenters. The largest absolute Gasteiger partial charge is 0.488 e. The highest BCUT2D eigenvalue weighted by molar-refractivity contribution is 6.59. The molecule has 204 valence electrons. The average Bonchev–Trinajstić information content (AvgIpc) is 3.20. The predicted molar refractivity (Wildman–Crippen MR) is 145 cm³/mol. The van der Waals surface area contributed by atoms with Crippen molar-refractivity contribution in [3.63, 3.8) is 0 Å². The Balaban J connectivity index is 1.71. The van der Waals surface area contributed by atoms with E-state index in [1.165, 1.54) is 11.6 Å². The summed E-state index contributed by atoms with van der Waals surface area (Å²) in [7, 11) is 2.22. The maximum absolute atomic E-state index is 13.4. The first-order valence-corrected chi connectivity index (χ1v) is 13.0. The summed E-state index contributed by atoms with van der Waals surface area (Å²) in [5.74, 6) is 0.341. The van der Waals surface area contributed by atoms with Crippen LogP contribution in [0.5, 0.6) is 0 Å². The number of aromatic nitrogens is 1. The molecule has 0 aliphatic carbocycles. The fraction of sp³-hybridized carbons (Fsp3) is 0.519. The van der Waals surface area contributed by atoms with Gasteiger partial charge in [-0.05, 0) is 89.3 Å². The van der Waals surface area contributed by atoms with Crippen LogP contribution in [-0.4, -0.2) is 76.9 Å². The number of imide groups is 1. The molecule has 0 bridgehead atoms. The predicted octanol–water partition coefficient (Wildman–Crippen LogP) is 2.91. The second-order valence-electron chi connectivity index (χ2n) is 11.1. The second kappa shape index (κ2) is 11.0. The van der Waals surface area contributed by atoms with Gasteiger partial charge < -0.3 is 29.7 Å². The van der Waals surface area contributed by atoms with E-state index < -0.39 is 24.7 Å². The van der Waals surface area contributed by atoms with E-state index in [0.717, 1.165) is 36.6 Å². The van der Waals surface area contributed by atoms with Gasteiger partial charge in [-0.15, -0.1) is 0 Å². The van der Waals surface area contributed by atoms with Crippen molar-refractivity contribution in [3.05, 3.63) is 46.6 Å². The van der Waals surface area contributed by atoms with Crippen LogP contribution in [0.4, 0.5) is 16.3 Å². The third-order valence-corrected chi connectivity index (χ3v) is 7.07. The van der Waals surface area contributed by atoms with Gasteiger partial charge in [-0.25, -0.2) is 14.7 Å². The number of pyridine rings is 1. The number of hydrogen-bond acceptors (Lipinski definition) is 9. The van der Waals surface area contributed by atoms with Crippen LogP contribution < -0.4 is 10.8 Å². The Morgan fingerprint density at radius 2 is 1.89 bits per heavy atom. The zero-order valence-electron chi connectivity index (χ0n) is 22.9. The number of rotatable bonds is 6. The molecular weight excluding hydrogens is 487 g/mol. The molecule has 0 spiro atoms. The summed E-state index contributed by atoms with van der Waals surface area (Å²) in [6, 6.07) is 7.17. The third-order valence-electron chi connectivity index (χ3n) is 7.07. The Bertz CT molecular complexity index is 1210. The van der Waals surface area contributed by atoms with Crippen LogP contribution in [0.2, 0.25) is 0 Å². The molecule has 0 saturated carbocycles. The molecule has 1 aromatic heterocycles. The lowest BCUT2D eigenvalue weighted by atomic mass is 9.76. The molecule has 38 heavy (non-hydrogen) atoms. The molecule has 0 radical (unpaired) electrons. The van der Waals surface area contributed by atoms with Crippen LogP contribution in [0.1, 0.15) is 79.7 Å². The van der Waals surface area contributed by atoms with Gasteiger partial charge in [0.2, 0.25) is 0 Å². The Morgan fingerprint density at radius 1 is 1.21 bits per heavy atom. The molecule has 10 nitrogen and oxygen atoms in total. The standard InChI is InChI=1S/C27H37BN4O6/c1-16(31(5)6)24-18(17-11-13-37-14-12-17)7-10-22(30-24)29-21-9-8-20(28(35)36)19-15-32(25(33)23(19)21)26(34)38-27(2,3)4/h7-10,16-17,35-36H,11-15H2,1-6H3,(H,29,30). The minimum atomic E-state index is -1.80. The van der Waals surface area contributed by atoms with Gasteiger partial charge in [0, 0.05) is 19.3 Å². The molecule has 3 N–H and O–H groups in total. The van der Waals surface area contributed by atoms with Crippen molar-refractivity contribution < 1.29 is 29.1 Å². The summed E-state index contributed by atoms with van der Waals surface area (Å²) in [5.41, 5.74) is 2.50. The summed E-state index contributed by atoms with van der Waals surface area (Å²) < 4.78 is 11.0. The van der Waals surface area contributed by atoms with E-state index in [4.69, 9.17) is 14.5 Å². The highest BCUT2D eigenvalue weighted by Crippen LogP contribution is 2.35. The number of carbonyl (C=O) groups excluding carboxylic acids is 2. The fourth-order valence-corrected chi connectivity index (χ4v) is 4.88. The minimum absolute atomic E-state index is 0.0523. The SMILES string of the molecule is CC(c1nc(Nc2ccc(B(O)O)c3c2C(=O)N(C(=O)OC(C)(C)C)C3)ccc1C1CCOCC1)N(C)C. The van der Waals surface area contributed by atoms with Crippen LogP contribution in [0.25, 0.3) is 0 Å². The number of nitrogens with zero attached hydrogens (tertiary/aromatic N) is 3. The summed E-state index contributed by atoms with van der Waals surface area (Å²) in [4.78, 5) is 34.2. The summed E-state index contributed by atoms with van der Waals surface area (Å²) in [6.45, 7) is 8.60. The molecule has 1 aromatic carbocycles. The van der Waals surface area contributed by atoms with E-state index in [0.29, 0.717) is 23.0 Å². The normalized spacial score (nSPS) is 17.0. The van der Waals surface area contributed by atoms with Crippen molar-refractivity contribution in [3.8, 4) is 0 Å². The number of anilines is 2. The lowest BCUT2D eigenvalue weighted by molar-refractivity contribution is 0.0248. The van der Waals surface area contributed by atoms with Crippen molar-refractivity contribution in [1.29, 1.82) is 0 Å². The Hall–Kier alpha value is -2.99. The zero-order chi connectivity index (χ0) is 27.8. The van der Waals surface area contributed by atoms with E-state index in [1.807, 2.05) is 20.2 Å². The molecule has 11 heteroatoms. The van der Waals surface area contributed by atoms with E-state index in [9.17, 15) is 19.6 Å². The van der Waals surface area contributed by atoms with Gasteiger partial charge in [-0.2, -0.15) is 0 Å². The van der Waals surface area contributed by atoms with Gasteiger partial charge in [0.15, 0.2) is 0 Å². The van der Waals surface area contributed by atoms with E-state index in [-0.39, 0.29) is 23.6 Å². The van der Waals surface area contributed by atoms with Gasteiger partial charge in [-0.1, -0.05) is 12.1 Å². The maximum atomic E-state index is 13.4. The van der Waals surface area contributed by atoms with Crippen molar-refractivity contribution in [2.75, 3.05) is 32.6 Å². The smallest absolute Gasteiger partial charge is 0.443 e. The van der Waals surface area contributed by atoms with Crippen LogP contribution >= 0.6 is 0 Å². The number of hydrogen-bond donors (Lipinski definition) is 3. The van der Waals surface area contributed by atoms with Gasteiger partial charge in [0.25, 0.3) is 5.91 Å². The maximum Gasteiger partial charge on any atom is 0.488 e. The molecule has 1 saturated heterocycles. The first-order chi connectivity index (χ1) is 17.9. The number of amides is 2. The summed E-state index contributed by atoms with van der Waals surface area (Å²) >= 11 is 0. The average molecular weight is 524 g/mol. The quantitative estimate of drug-likeness (QED) is 0.490. The van der Waals surface area contributed by atoms with E-state index in [1.54, 1.807) is 26.8 Å². The highest BCUT2D eigenvalue weighted by atomic mass is 16.6. The van der Waals surface area contributed by atoms with E-state index >= 15 is 0 Å². The zero-order valence-corrected chi connectivity index (χ0v) is 22.9. The van der Waals surface area contributed by atoms with E-state index in [2.05, 4.69) is 23.2 Å². The lowest BCUT2D eigenvalue weighted by Crippen LogP contribution is -2.37. The minimum Gasteiger partial charge on any atom is -0.443 e. The van der Waals surface area contributed by atoms with Gasteiger partial charge in [0.1, 0.15) is 11.4 Å². The third kappa shape index (κ3) is 5.86. The van der Waals surface area contributed by atoms with Crippen molar-refractivity contribution in [2.45, 2.75) is 64.6 Å². The molecular formula is C27H37BN4O6. The van der Waals surface area contributed by atoms with Crippen LogP contribution in [0, 0.1) is 0 Å². The molecule has 4 rings (SSSR count). The second-order valence-corrected chi connectivity index (χ2v) is 11.1. The van der Waals surface area contributed by atoms with Crippen molar-refractivity contribution >= 4 is 36.1 Å². The Morgan fingerprint density at radius 3 is 2.50 bits per heavy atom. The monoisotopic (exact) mass is 524 g/mol. The van der Waals surface area contributed by atoms with Crippen LogP contribution in [-0.2, 0) is 16.0 Å². The van der Waals surface area contributed by atoms with Crippen LogP contribution in [0.3, 0.4) is 0 Å². The Labute approximate surface area is 224 Å². The molecule has 1 unspecified atom stereocenters. The highest BCUT2D eigenvalue weighted by Gasteiger charge is 2.39.